The minimum atomic E-state index is -0.0396. The Morgan fingerprint density at radius 3 is 2.81 bits per heavy atom. The number of hydrogen-bond donors (Lipinski definition) is 2. The fourth-order valence-electron chi connectivity index (χ4n) is 1.97. The first-order valence-corrected chi connectivity index (χ1v) is 7.87. The van der Waals surface area contributed by atoms with Crippen molar-refractivity contribution >= 4 is 22.9 Å². The third kappa shape index (κ3) is 4.49. The molecule has 4 nitrogen and oxygen atoms in total. The second-order valence-corrected chi connectivity index (χ2v) is 5.57. The molecule has 0 saturated carbocycles. The Bertz CT molecular complexity index is 569. The predicted octanol–water partition coefficient (Wildman–Crippen LogP) is 3.44. The van der Waals surface area contributed by atoms with Gasteiger partial charge in [0.2, 0.25) is 5.91 Å². The number of para-hydroxylation sites is 2. The summed E-state index contributed by atoms with van der Waals surface area (Å²) in [6.07, 6.45) is 0. The molecule has 0 saturated heterocycles. The lowest BCUT2D eigenvalue weighted by molar-refractivity contribution is -0.120. The van der Waals surface area contributed by atoms with E-state index in [4.69, 9.17) is 4.74 Å². The fraction of sp³-hybridized carbons (Fsp3) is 0.312. The monoisotopic (exact) mass is 304 g/mol. The zero-order valence-corrected chi connectivity index (χ0v) is 13.1. The third-order valence-corrected chi connectivity index (χ3v) is 4.03. The highest BCUT2D eigenvalue weighted by atomic mass is 32.1. The molecule has 112 valence electrons. The summed E-state index contributed by atoms with van der Waals surface area (Å²) in [7, 11) is 0. The number of rotatable bonds is 7. The second-order valence-electron chi connectivity index (χ2n) is 4.59. The van der Waals surface area contributed by atoms with Crippen LogP contribution in [0.5, 0.6) is 5.75 Å². The number of ether oxygens (including phenoxy) is 1. The van der Waals surface area contributed by atoms with E-state index in [1.54, 1.807) is 11.3 Å². The smallest absolute Gasteiger partial charge is 0.239 e. The largest absolute Gasteiger partial charge is 0.492 e. The minimum absolute atomic E-state index is 0.0291. The second kappa shape index (κ2) is 7.69. The quantitative estimate of drug-likeness (QED) is 0.824. The summed E-state index contributed by atoms with van der Waals surface area (Å²) in [5.74, 6) is 0.723. The zero-order valence-electron chi connectivity index (χ0n) is 12.3. The van der Waals surface area contributed by atoms with Crippen LogP contribution in [0, 0.1) is 0 Å². The van der Waals surface area contributed by atoms with Crippen LogP contribution < -0.4 is 15.4 Å². The summed E-state index contributed by atoms with van der Waals surface area (Å²) in [6, 6.07) is 11.7. The van der Waals surface area contributed by atoms with Crippen LogP contribution in [0.15, 0.2) is 41.8 Å². The van der Waals surface area contributed by atoms with Crippen LogP contribution in [0.1, 0.15) is 24.8 Å². The van der Waals surface area contributed by atoms with E-state index in [0.29, 0.717) is 6.61 Å². The lowest BCUT2D eigenvalue weighted by Gasteiger charge is -2.14. The van der Waals surface area contributed by atoms with Crippen LogP contribution in [-0.2, 0) is 4.79 Å². The van der Waals surface area contributed by atoms with Crippen molar-refractivity contribution in [3.63, 3.8) is 0 Å². The van der Waals surface area contributed by atoms with E-state index >= 15 is 0 Å². The van der Waals surface area contributed by atoms with Gasteiger partial charge in [-0.05, 0) is 37.4 Å². The first kappa shape index (κ1) is 15.4. The van der Waals surface area contributed by atoms with Gasteiger partial charge in [-0.2, -0.15) is 0 Å². The molecule has 1 aromatic carbocycles. The predicted molar refractivity (Wildman–Crippen MR) is 87.0 cm³/mol. The number of carbonyl (C=O) groups excluding carboxylic acids is 1. The van der Waals surface area contributed by atoms with Crippen LogP contribution in [0.2, 0.25) is 0 Å². The lowest BCUT2D eigenvalue weighted by Crippen LogP contribution is -2.31. The van der Waals surface area contributed by atoms with Crippen molar-refractivity contribution in [1.29, 1.82) is 0 Å². The van der Waals surface area contributed by atoms with Gasteiger partial charge in [-0.1, -0.05) is 18.2 Å². The zero-order chi connectivity index (χ0) is 15.1. The number of thiophene rings is 1. The Labute approximate surface area is 129 Å². The number of benzene rings is 1. The number of hydrogen-bond acceptors (Lipinski definition) is 4. The highest BCUT2D eigenvalue weighted by Gasteiger charge is 2.10. The molecule has 2 N–H and O–H groups in total. The molecule has 0 fully saturated rings. The van der Waals surface area contributed by atoms with Crippen LogP contribution in [-0.4, -0.2) is 19.1 Å². The van der Waals surface area contributed by atoms with E-state index in [-0.39, 0.29) is 18.5 Å². The molecular weight excluding hydrogens is 284 g/mol. The highest BCUT2D eigenvalue weighted by Crippen LogP contribution is 2.23. The maximum absolute atomic E-state index is 12.0. The summed E-state index contributed by atoms with van der Waals surface area (Å²) in [4.78, 5) is 13.1. The number of anilines is 1. The molecule has 2 rings (SSSR count). The van der Waals surface area contributed by atoms with E-state index in [2.05, 4.69) is 10.6 Å². The molecule has 21 heavy (non-hydrogen) atoms. The molecule has 5 heteroatoms. The Morgan fingerprint density at radius 1 is 1.29 bits per heavy atom. The standard InChI is InChI=1S/C16H20N2O2S/c1-3-20-14-8-5-4-7-13(14)17-11-16(19)18-12(2)15-9-6-10-21-15/h4-10,12,17H,3,11H2,1-2H3,(H,18,19). The van der Waals surface area contributed by atoms with Gasteiger partial charge in [-0.25, -0.2) is 0 Å². The molecular formula is C16H20N2O2S. The Kier molecular flexibility index (Phi) is 5.63. The average Bonchev–Trinajstić information content (AvgIpc) is 3.01. The summed E-state index contributed by atoms with van der Waals surface area (Å²) in [5.41, 5.74) is 0.832. The number of carbonyl (C=O) groups is 1. The van der Waals surface area contributed by atoms with Gasteiger partial charge in [0.25, 0.3) is 0 Å². The van der Waals surface area contributed by atoms with Crippen LogP contribution in [0.4, 0.5) is 5.69 Å². The molecule has 2 aromatic rings. The topological polar surface area (TPSA) is 50.4 Å². The summed E-state index contributed by atoms with van der Waals surface area (Å²) < 4.78 is 5.52. The number of amides is 1. The van der Waals surface area contributed by atoms with Gasteiger partial charge in [0, 0.05) is 4.88 Å². The van der Waals surface area contributed by atoms with E-state index in [0.717, 1.165) is 16.3 Å². The van der Waals surface area contributed by atoms with Crippen LogP contribution >= 0.6 is 11.3 Å². The van der Waals surface area contributed by atoms with Gasteiger partial charge in [0.15, 0.2) is 0 Å². The molecule has 0 aliphatic carbocycles. The van der Waals surface area contributed by atoms with Crippen molar-refractivity contribution in [2.45, 2.75) is 19.9 Å². The molecule has 1 heterocycles. The van der Waals surface area contributed by atoms with Gasteiger partial charge >= 0.3 is 0 Å². The fourth-order valence-corrected chi connectivity index (χ4v) is 2.71. The van der Waals surface area contributed by atoms with Crippen molar-refractivity contribution in [3.8, 4) is 5.75 Å². The van der Waals surface area contributed by atoms with Crippen molar-refractivity contribution in [2.75, 3.05) is 18.5 Å². The van der Waals surface area contributed by atoms with Crippen LogP contribution in [0.3, 0.4) is 0 Å². The lowest BCUT2D eigenvalue weighted by atomic mass is 10.2. The maximum Gasteiger partial charge on any atom is 0.239 e. The average molecular weight is 304 g/mol. The van der Waals surface area contributed by atoms with Crippen molar-refractivity contribution in [3.05, 3.63) is 46.7 Å². The maximum atomic E-state index is 12.0. The van der Waals surface area contributed by atoms with Crippen LogP contribution in [0.25, 0.3) is 0 Å². The van der Waals surface area contributed by atoms with Crippen molar-refractivity contribution in [2.24, 2.45) is 0 Å². The van der Waals surface area contributed by atoms with Gasteiger partial charge in [-0.3, -0.25) is 4.79 Å². The third-order valence-electron chi connectivity index (χ3n) is 2.97. The molecule has 1 aromatic heterocycles. The minimum Gasteiger partial charge on any atom is -0.492 e. The Morgan fingerprint density at radius 2 is 2.10 bits per heavy atom. The summed E-state index contributed by atoms with van der Waals surface area (Å²) >= 11 is 1.64. The molecule has 1 unspecified atom stereocenters. The van der Waals surface area contributed by atoms with Gasteiger partial charge < -0.3 is 15.4 Å². The van der Waals surface area contributed by atoms with Crippen molar-refractivity contribution in [1.82, 2.24) is 5.32 Å². The Hall–Kier alpha value is -2.01. The van der Waals surface area contributed by atoms with E-state index in [1.165, 1.54) is 0 Å². The molecule has 1 atom stereocenters. The molecule has 1 amide bonds. The van der Waals surface area contributed by atoms with Gasteiger partial charge in [0.1, 0.15) is 5.75 Å². The normalized spacial score (nSPS) is 11.7. The molecule has 0 spiro atoms. The number of nitrogens with one attached hydrogen (secondary N) is 2. The SMILES string of the molecule is CCOc1ccccc1NCC(=O)NC(C)c1cccs1. The Balaban J connectivity index is 1.86. The van der Waals surface area contributed by atoms with Gasteiger partial charge in [-0.15, -0.1) is 11.3 Å². The molecule has 0 aliphatic heterocycles. The summed E-state index contributed by atoms with van der Waals surface area (Å²) in [5, 5.41) is 8.10. The molecule has 0 bridgehead atoms. The van der Waals surface area contributed by atoms with E-state index in [9.17, 15) is 4.79 Å². The first-order chi connectivity index (χ1) is 10.2. The van der Waals surface area contributed by atoms with Gasteiger partial charge in [0.05, 0.1) is 24.9 Å². The van der Waals surface area contributed by atoms with E-state index < -0.39 is 0 Å². The first-order valence-electron chi connectivity index (χ1n) is 6.99. The summed E-state index contributed by atoms with van der Waals surface area (Å²) in [6.45, 7) is 4.74. The highest BCUT2D eigenvalue weighted by molar-refractivity contribution is 7.10. The van der Waals surface area contributed by atoms with Crippen molar-refractivity contribution < 1.29 is 9.53 Å². The molecule has 0 radical (unpaired) electrons. The molecule has 0 aliphatic rings. The van der Waals surface area contributed by atoms with E-state index in [1.807, 2.05) is 55.6 Å².